The van der Waals surface area contributed by atoms with Crippen LogP contribution in [-0.4, -0.2) is 48.6 Å². The molecule has 0 aliphatic carbocycles. The molecule has 0 spiro atoms. The van der Waals surface area contributed by atoms with Gasteiger partial charge in [-0.15, -0.1) is 0 Å². The standard InChI is InChI=1S/C15H28N2O3/c1-4-7-10-20-11-9-17-13(6-3)14(18)16-12(8-5-2)15(17)19/h12-13H,4-11H2,1-3H3,(H,16,18). The van der Waals surface area contributed by atoms with Crippen molar-refractivity contribution >= 4 is 11.8 Å². The van der Waals surface area contributed by atoms with Gasteiger partial charge in [-0.05, 0) is 19.3 Å². The molecule has 0 aromatic heterocycles. The number of nitrogens with zero attached hydrogens (tertiary/aromatic N) is 1. The molecule has 1 aliphatic rings. The summed E-state index contributed by atoms with van der Waals surface area (Å²) >= 11 is 0. The molecule has 1 N–H and O–H groups in total. The van der Waals surface area contributed by atoms with E-state index in [1.54, 1.807) is 4.90 Å². The SMILES string of the molecule is CCCCOCCN1C(=O)C(CCC)NC(=O)C1CC. The molecule has 1 saturated heterocycles. The minimum atomic E-state index is -0.356. The number of ether oxygens (including phenoxy) is 1. The Balaban J connectivity index is 2.56. The third-order valence-corrected chi connectivity index (χ3v) is 3.66. The minimum Gasteiger partial charge on any atom is -0.380 e. The van der Waals surface area contributed by atoms with Crippen LogP contribution in [0.25, 0.3) is 0 Å². The number of piperazine rings is 1. The van der Waals surface area contributed by atoms with Crippen LogP contribution >= 0.6 is 0 Å². The number of hydrogen-bond acceptors (Lipinski definition) is 3. The van der Waals surface area contributed by atoms with Gasteiger partial charge in [0.05, 0.1) is 6.61 Å². The Morgan fingerprint density at radius 2 is 1.90 bits per heavy atom. The Hall–Kier alpha value is -1.10. The fraction of sp³-hybridized carbons (Fsp3) is 0.867. The highest BCUT2D eigenvalue weighted by Gasteiger charge is 2.38. The summed E-state index contributed by atoms with van der Waals surface area (Å²) in [7, 11) is 0. The Labute approximate surface area is 122 Å². The number of nitrogens with one attached hydrogen (secondary N) is 1. The lowest BCUT2D eigenvalue weighted by Gasteiger charge is -2.38. The molecular weight excluding hydrogens is 256 g/mol. The van der Waals surface area contributed by atoms with Gasteiger partial charge in [0.2, 0.25) is 11.8 Å². The third kappa shape index (κ3) is 4.47. The number of hydrogen-bond donors (Lipinski definition) is 1. The van der Waals surface area contributed by atoms with E-state index in [0.717, 1.165) is 25.9 Å². The lowest BCUT2D eigenvalue weighted by molar-refractivity contribution is -0.150. The summed E-state index contributed by atoms with van der Waals surface area (Å²) in [5, 5.41) is 2.84. The summed E-state index contributed by atoms with van der Waals surface area (Å²) in [6.45, 7) is 7.80. The molecule has 0 saturated carbocycles. The van der Waals surface area contributed by atoms with E-state index in [1.807, 2.05) is 13.8 Å². The maximum absolute atomic E-state index is 12.4. The zero-order valence-corrected chi connectivity index (χ0v) is 13.0. The summed E-state index contributed by atoms with van der Waals surface area (Å²) in [6, 6.07) is -0.698. The van der Waals surface area contributed by atoms with E-state index >= 15 is 0 Å². The van der Waals surface area contributed by atoms with Gasteiger partial charge < -0.3 is 15.0 Å². The molecule has 2 atom stereocenters. The first-order chi connectivity index (χ1) is 9.65. The molecule has 20 heavy (non-hydrogen) atoms. The highest BCUT2D eigenvalue weighted by atomic mass is 16.5. The Morgan fingerprint density at radius 1 is 1.15 bits per heavy atom. The summed E-state index contributed by atoms with van der Waals surface area (Å²) in [5.41, 5.74) is 0. The van der Waals surface area contributed by atoms with Crippen LogP contribution in [0.4, 0.5) is 0 Å². The molecule has 1 aliphatic heterocycles. The molecule has 2 unspecified atom stereocenters. The van der Waals surface area contributed by atoms with Crippen molar-refractivity contribution in [1.82, 2.24) is 10.2 Å². The maximum Gasteiger partial charge on any atom is 0.245 e. The van der Waals surface area contributed by atoms with Gasteiger partial charge in [0.15, 0.2) is 0 Å². The maximum atomic E-state index is 12.4. The second-order valence-electron chi connectivity index (χ2n) is 5.27. The number of unbranched alkanes of at least 4 members (excludes halogenated alkanes) is 1. The highest BCUT2D eigenvalue weighted by Crippen LogP contribution is 2.15. The zero-order valence-electron chi connectivity index (χ0n) is 13.0. The molecule has 1 fully saturated rings. The molecule has 2 amide bonds. The van der Waals surface area contributed by atoms with Crippen LogP contribution in [0.15, 0.2) is 0 Å². The number of rotatable bonds is 9. The van der Waals surface area contributed by atoms with Crippen LogP contribution in [0.1, 0.15) is 52.9 Å². The van der Waals surface area contributed by atoms with Crippen molar-refractivity contribution in [3.63, 3.8) is 0 Å². The quantitative estimate of drug-likeness (QED) is 0.656. The van der Waals surface area contributed by atoms with Gasteiger partial charge in [-0.2, -0.15) is 0 Å². The van der Waals surface area contributed by atoms with Gasteiger partial charge >= 0.3 is 0 Å². The summed E-state index contributed by atoms with van der Waals surface area (Å²) in [5.74, 6) is 0.0106. The van der Waals surface area contributed by atoms with E-state index in [1.165, 1.54) is 0 Å². The van der Waals surface area contributed by atoms with E-state index in [2.05, 4.69) is 12.2 Å². The molecule has 1 heterocycles. The highest BCUT2D eigenvalue weighted by molar-refractivity contribution is 5.96. The summed E-state index contributed by atoms with van der Waals surface area (Å²) in [6.07, 6.45) is 4.36. The van der Waals surface area contributed by atoms with E-state index in [9.17, 15) is 9.59 Å². The first-order valence-electron chi connectivity index (χ1n) is 7.84. The molecule has 5 heteroatoms. The number of amides is 2. The molecule has 0 aromatic rings. The zero-order chi connectivity index (χ0) is 15.0. The topological polar surface area (TPSA) is 58.6 Å². The van der Waals surface area contributed by atoms with Crippen molar-refractivity contribution < 1.29 is 14.3 Å². The van der Waals surface area contributed by atoms with Gasteiger partial charge in [0, 0.05) is 13.2 Å². The van der Waals surface area contributed by atoms with Gasteiger partial charge in [0.25, 0.3) is 0 Å². The van der Waals surface area contributed by atoms with Gasteiger partial charge in [-0.3, -0.25) is 9.59 Å². The Bertz CT molecular complexity index is 320. The van der Waals surface area contributed by atoms with Crippen molar-refractivity contribution in [3.05, 3.63) is 0 Å². The monoisotopic (exact) mass is 284 g/mol. The van der Waals surface area contributed by atoms with Crippen molar-refractivity contribution in [2.75, 3.05) is 19.8 Å². The second-order valence-corrected chi connectivity index (χ2v) is 5.27. The lowest BCUT2D eigenvalue weighted by atomic mass is 10.0. The van der Waals surface area contributed by atoms with Gasteiger partial charge in [0.1, 0.15) is 12.1 Å². The summed E-state index contributed by atoms with van der Waals surface area (Å²) in [4.78, 5) is 26.2. The van der Waals surface area contributed by atoms with E-state index in [0.29, 0.717) is 26.0 Å². The Morgan fingerprint density at radius 3 is 2.50 bits per heavy atom. The largest absolute Gasteiger partial charge is 0.380 e. The minimum absolute atomic E-state index is 0.0286. The van der Waals surface area contributed by atoms with E-state index in [-0.39, 0.29) is 23.9 Å². The van der Waals surface area contributed by atoms with Gasteiger partial charge in [-0.25, -0.2) is 0 Å². The predicted molar refractivity (Wildman–Crippen MR) is 78.4 cm³/mol. The lowest BCUT2D eigenvalue weighted by Crippen LogP contribution is -2.63. The molecule has 0 aromatic carbocycles. The normalized spacial score (nSPS) is 23.1. The van der Waals surface area contributed by atoms with E-state index in [4.69, 9.17) is 4.74 Å². The number of carbonyl (C=O) groups is 2. The second kappa shape index (κ2) is 8.95. The van der Waals surface area contributed by atoms with Crippen LogP contribution in [0.2, 0.25) is 0 Å². The molecule has 1 rings (SSSR count). The predicted octanol–water partition coefficient (Wildman–Crippen LogP) is 1.71. The molecule has 0 radical (unpaired) electrons. The molecular formula is C15H28N2O3. The van der Waals surface area contributed by atoms with E-state index < -0.39 is 0 Å². The van der Waals surface area contributed by atoms with Crippen LogP contribution in [0.3, 0.4) is 0 Å². The fourth-order valence-electron chi connectivity index (χ4n) is 2.49. The summed E-state index contributed by atoms with van der Waals surface area (Å²) < 4.78 is 5.52. The smallest absolute Gasteiger partial charge is 0.245 e. The number of carbonyl (C=O) groups excluding carboxylic acids is 2. The molecule has 116 valence electrons. The molecule has 5 nitrogen and oxygen atoms in total. The average Bonchev–Trinajstić information content (AvgIpc) is 2.43. The van der Waals surface area contributed by atoms with Crippen molar-refractivity contribution in [2.24, 2.45) is 0 Å². The first kappa shape index (κ1) is 17.0. The first-order valence-corrected chi connectivity index (χ1v) is 7.84. The van der Waals surface area contributed by atoms with Crippen LogP contribution in [0.5, 0.6) is 0 Å². The van der Waals surface area contributed by atoms with Gasteiger partial charge in [-0.1, -0.05) is 33.6 Å². The third-order valence-electron chi connectivity index (χ3n) is 3.66. The van der Waals surface area contributed by atoms with Crippen molar-refractivity contribution in [1.29, 1.82) is 0 Å². The Kier molecular flexibility index (Phi) is 7.59. The molecule has 0 bridgehead atoms. The van der Waals surface area contributed by atoms with Crippen LogP contribution in [0, 0.1) is 0 Å². The average molecular weight is 284 g/mol. The van der Waals surface area contributed by atoms with Crippen molar-refractivity contribution in [3.8, 4) is 0 Å². The fourth-order valence-corrected chi connectivity index (χ4v) is 2.49. The van der Waals surface area contributed by atoms with Crippen LogP contribution < -0.4 is 5.32 Å². The van der Waals surface area contributed by atoms with Crippen molar-refractivity contribution in [2.45, 2.75) is 65.0 Å². The van der Waals surface area contributed by atoms with Crippen LogP contribution in [-0.2, 0) is 14.3 Å².